The van der Waals surface area contributed by atoms with E-state index in [4.69, 9.17) is 0 Å². The van der Waals surface area contributed by atoms with Crippen LogP contribution in [-0.4, -0.2) is 25.2 Å². The monoisotopic (exact) mass is 365 g/mol. The number of amides is 1. The molecule has 132 valence electrons. The Morgan fingerprint density at radius 2 is 1.62 bits per heavy atom. The van der Waals surface area contributed by atoms with Crippen molar-refractivity contribution in [1.82, 2.24) is 4.31 Å². The normalized spacial score (nSPS) is 17.8. The van der Waals surface area contributed by atoms with Crippen molar-refractivity contribution >= 4 is 26.7 Å². The van der Waals surface area contributed by atoms with Crippen molar-refractivity contribution in [2.24, 2.45) is 0 Å². The van der Waals surface area contributed by atoms with E-state index in [0.29, 0.717) is 6.42 Å². The van der Waals surface area contributed by atoms with Crippen LogP contribution in [0, 0.1) is 6.92 Å². The van der Waals surface area contributed by atoms with Gasteiger partial charge in [-0.1, -0.05) is 60.2 Å². The summed E-state index contributed by atoms with van der Waals surface area (Å²) in [5.41, 5.74) is 1.85. The molecule has 1 atom stereocenters. The van der Waals surface area contributed by atoms with Crippen LogP contribution in [0.2, 0.25) is 0 Å². The van der Waals surface area contributed by atoms with E-state index in [9.17, 15) is 13.2 Å². The van der Waals surface area contributed by atoms with Gasteiger partial charge < -0.3 is 0 Å². The maximum atomic E-state index is 12.9. The smallest absolute Gasteiger partial charge is 0.266 e. The van der Waals surface area contributed by atoms with E-state index >= 15 is 0 Å². The first-order valence-electron chi connectivity index (χ1n) is 8.59. The second-order valence-electron chi connectivity index (χ2n) is 6.68. The summed E-state index contributed by atoms with van der Waals surface area (Å²) in [6, 6.07) is 20.4. The molecule has 5 heteroatoms. The number of nitrogens with zero attached hydrogens (tertiary/aromatic N) is 1. The van der Waals surface area contributed by atoms with Crippen LogP contribution in [0.1, 0.15) is 23.5 Å². The molecule has 4 rings (SSSR count). The second kappa shape index (κ2) is 6.25. The zero-order chi connectivity index (χ0) is 18.3. The molecular weight excluding hydrogens is 346 g/mol. The largest absolute Gasteiger partial charge is 0.273 e. The highest BCUT2D eigenvalue weighted by atomic mass is 32.2. The molecule has 3 aromatic carbocycles. The molecular formula is C21H19NO3S. The molecule has 0 N–H and O–H groups in total. The lowest BCUT2D eigenvalue weighted by atomic mass is 9.95. The first-order chi connectivity index (χ1) is 12.5. The first-order valence-corrected chi connectivity index (χ1v) is 10.0. The van der Waals surface area contributed by atoms with Gasteiger partial charge >= 0.3 is 0 Å². The van der Waals surface area contributed by atoms with Crippen molar-refractivity contribution in [2.45, 2.75) is 24.2 Å². The van der Waals surface area contributed by atoms with Gasteiger partial charge in [0, 0.05) is 6.54 Å². The number of rotatable bonds is 3. The van der Waals surface area contributed by atoms with Crippen molar-refractivity contribution < 1.29 is 13.2 Å². The lowest BCUT2D eigenvalue weighted by molar-refractivity contribution is -0.124. The molecule has 1 amide bonds. The summed E-state index contributed by atoms with van der Waals surface area (Å²) in [4.78, 5) is 13.0. The molecule has 0 aromatic heterocycles. The van der Waals surface area contributed by atoms with Gasteiger partial charge in [-0.15, -0.1) is 0 Å². The van der Waals surface area contributed by atoms with Crippen molar-refractivity contribution in [3.63, 3.8) is 0 Å². The predicted molar refractivity (Wildman–Crippen MR) is 101 cm³/mol. The van der Waals surface area contributed by atoms with E-state index in [0.717, 1.165) is 26.2 Å². The van der Waals surface area contributed by atoms with Crippen LogP contribution in [-0.2, 0) is 14.8 Å². The number of fused-ring (bicyclic) bond motifs is 1. The molecule has 1 fully saturated rings. The zero-order valence-corrected chi connectivity index (χ0v) is 15.2. The van der Waals surface area contributed by atoms with Gasteiger partial charge in [-0.3, -0.25) is 4.79 Å². The van der Waals surface area contributed by atoms with Crippen LogP contribution in [0.5, 0.6) is 0 Å². The van der Waals surface area contributed by atoms with E-state index in [2.05, 4.69) is 0 Å². The Bertz CT molecular complexity index is 1090. The standard InChI is InChI=1S/C21H19NO3S/c1-15-6-10-19(11-7-15)26(24,25)22-13-12-20(21(22)23)18-9-8-16-4-2-3-5-17(16)14-18/h2-11,14,20H,12-13H2,1H3. The summed E-state index contributed by atoms with van der Waals surface area (Å²) in [6.45, 7) is 2.11. The number of carbonyl (C=O) groups excluding carboxylic acids is 1. The third-order valence-electron chi connectivity index (χ3n) is 4.95. The first kappa shape index (κ1) is 16.8. The molecule has 0 saturated carbocycles. The Balaban J connectivity index is 1.66. The Kier molecular flexibility index (Phi) is 4.04. The molecule has 4 nitrogen and oxygen atoms in total. The maximum Gasteiger partial charge on any atom is 0.266 e. The third-order valence-corrected chi connectivity index (χ3v) is 6.76. The summed E-state index contributed by atoms with van der Waals surface area (Å²) in [5, 5.41) is 2.16. The maximum absolute atomic E-state index is 12.9. The van der Waals surface area contributed by atoms with Crippen LogP contribution < -0.4 is 0 Å². The van der Waals surface area contributed by atoms with E-state index in [1.807, 2.05) is 49.4 Å². The van der Waals surface area contributed by atoms with E-state index < -0.39 is 15.9 Å². The molecule has 26 heavy (non-hydrogen) atoms. The Morgan fingerprint density at radius 3 is 2.35 bits per heavy atom. The predicted octanol–water partition coefficient (Wildman–Crippen LogP) is 3.85. The topological polar surface area (TPSA) is 54.5 Å². The summed E-state index contributed by atoms with van der Waals surface area (Å²) >= 11 is 0. The molecule has 0 aliphatic carbocycles. The summed E-state index contributed by atoms with van der Waals surface area (Å²) in [7, 11) is -3.80. The lowest BCUT2D eigenvalue weighted by Gasteiger charge is -2.17. The van der Waals surface area contributed by atoms with Crippen molar-refractivity contribution in [3.8, 4) is 0 Å². The van der Waals surface area contributed by atoms with Crippen LogP contribution >= 0.6 is 0 Å². The molecule has 0 radical (unpaired) electrons. The average molecular weight is 365 g/mol. The van der Waals surface area contributed by atoms with Gasteiger partial charge in [-0.2, -0.15) is 0 Å². The SMILES string of the molecule is Cc1ccc(S(=O)(=O)N2CCC(c3ccc4ccccc4c3)C2=O)cc1. The van der Waals surface area contributed by atoms with Gasteiger partial charge in [0.05, 0.1) is 10.8 Å². The van der Waals surface area contributed by atoms with Crippen molar-refractivity contribution in [1.29, 1.82) is 0 Å². The fourth-order valence-corrected chi connectivity index (χ4v) is 4.91. The van der Waals surface area contributed by atoms with Gasteiger partial charge in [0.2, 0.25) is 5.91 Å². The highest BCUT2D eigenvalue weighted by molar-refractivity contribution is 7.89. The highest BCUT2D eigenvalue weighted by Gasteiger charge is 2.40. The number of benzene rings is 3. The van der Waals surface area contributed by atoms with Crippen LogP contribution in [0.4, 0.5) is 0 Å². The molecule has 1 aliphatic rings. The number of hydrogen-bond donors (Lipinski definition) is 0. The average Bonchev–Trinajstić information content (AvgIpc) is 3.04. The van der Waals surface area contributed by atoms with Crippen LogP contribution in [0.25, 0.3) is 10.8 Å². The molecule has 1 saturated heterocycles. The third kappa shape index (κ3) is 2.78. The molecule has 0 spiro atoms. The number of sulfonamides is 1. The van der Waals surface area contributed by atoms with Crippen LogP contribution in [0.15, 0.2) is 71.6 Å². The Labute approximate surface area is 153 Å². The minimum Gasteiger partial charge on any atom is -0.273 e. The van der Waals surface area contributed by atoms with Crippen molar-refractivity contribution in [2.75, 3.05) is 6.54 Å². The van der Waals surface area contributed by atoms with Gasteiger partial charge in [0.15, 0.2) is 0 Å². The number of aryl methyl sites for hydroxylation is 1. The molecule has 1 aliphatic heterocycles. The molecule has 0 bridgehead atoms. The van der Waals surface area contributed by atoms with E-state index in [1.165, 1.54) is 0 Å². The quantitative estimate of drug-likeness (QED) is 0.708. The molecule has 1 unspecified atom stereocenters. The zero-order valence-electron chi connectivity index (χ0n) is 14.4. The Morgan fingerprint density at radius 1 is 0.923 bits per heavy atom. The van der Waals surface area contributed by atoms with Gasteiger partial charge in [0.1, 0.15) is 0 Å². The minimum absolute atomic E-state index is 0.163. The van der Waals surface area contributed by atoms with E-state index in [1.54, 1.807) is 24.3 Å². The molecule has 3 aromatic rings. The molecule has 1 heterocycles. The number of hydrogen-bond acceptors (Lipinski definition) is 3. The minimum atomic E-state index is -3.80. The number of carbonyl (C=O) groups is 1. The van der Waals surface area contributed by atoms with Gasteiger partial charge in [-0.05, 0) is 41.8 Å². The fraction of sp³-hybridized carbons (Fsp3) is 0.190. The summed E-state index contributed by atoms with van der Waals surface area (Å²) in [5.74, 6) is -0.763. The van der Waals surface area contributed by atoms with Crippen molar-refractivity contribution in [3.05, 3.63) is 77.9 Å². The van der Waals surface area contributed by atoms with E-state index in [-0.39, 0.29) is 17.3 Å². The van der Waals surface area contributed by atoms with Gasteiger partial charge in [-0.25, -0.2) is 12.7 Å². The second-order valence-corrected chi connectivity index (χ2v) is 8.54. The summed E-state index contributed by atoms with van der Waals surface area (Å²) in [6.07, 6.45) is 0.502. The fourth-order valence-electron chi connectivity index (χ4n) is 3.46. The van der Waals surface area contributed by atoms with Gasteiger partial charge in [0.25, 0.3) is 10.0 Å². The lowest BCUT2D eigenvalue weighted by Crippen LogP contribution is -2.33. The summed E-state index contributed by atoms with van der Waals surface area (Å²) < 4.78 is 26.7. The van der Waals surface area contributed by atoms with Crippen LogP contribution in [0.3, 0.4) is 0 Å². The highest BCUT2D eigenvalue weighted by Crippen LogP contribution is 2.33. The Hall–Kier alpha value is -2.66.